The number of H-pyrrole nitrogens is 1. The second-order valence-corrected chi connectivity index (χ2v) is 6.14. The minimum atomic E-state index is -3.56. The predicted octanol–water partition coefficient (Wildman–Crippen LogP) is 1.33. The summed E-state index contributed by atoms with van der Waals surface area (Å²) < 4.78 is 31.9. The van der Waals surface area contributed by atoms with Crippen LogP contribution in [0.4, 0.5) is 0 Å². The van der Waals surface area contributed by atoms with Gasteiger partial charge in [-0.15, -0.1) is 0 Å². The number of hydrogen-bond acceptors (Lipinski definition) is 4. The van der Waals surface area contributed by atoms with Crippen LogP contribution in [0.2, 0.25) is 0 Å². The number of benzene rings is 1. The molecule has 0 spiro atoms. The third-order valence-electron chi connectivity index (χ3n) is 2.84. The number of para-hydroxylation sites is 1. The summed E-state index contributed by atoms with van der Waals surface area (Å²) in [5.41, 5.74) is 0.954. The SMILES string of the molecule is COc1ccccc1CC(C)NS(=O)(=O)c1ccn[nH]1. The minimum absolute atomic E-state index is 0.0596. The summed E-state index contributed by atoms with van der Waals surface area (Å²) in [5, 5.41) is 6.15. The van der Waals surface area contributed by atoms with E-state index in [9.17, 15) is 8.42 Å². The largest absolute Gasteiger partial charge is 0.496 e. The fourth-order valence-electron chi connectivity index (χ4n) is 1.96. The van der Waals surface area contributed by atoms with E-state index in [2.05, 4.69) is 14.9 Å². The lowest BCUT2D eigenvalue weighted by molar-refractivity contribution is 0.407. The normalized spacial score (nSPS) is 13.1. The number of ether oxygens (including phenoxy) is 1. The van der Waals surface area contributed by atoms with Crippen LogP contribution in [0.1, 0.15) is 12.5 Å². The van der Waals surface area contributed by atoms with E-state index < -0.39 is 10.0 Å². The molecule has 1 aromatic heterocycles. The first-order chi connectivity index (χ1) is 9.53. The van der Waals surface area contributed by atoms with Crippen LogP contribution in [0.5, 0.6) is 5.75 Å². The molecular formula is C13H17N3O3S. The van der Waals surface area contributed by atoms with Crippen LogP contribution in [0.25, 0.3) is 0 Å². The molecule has 1 atom stereocenters. The van der Waals surface area contributed by atoms with E-state index in [1.807, 2.05) is 24.3 Å². The number of hydrogen-bond donors (Lipinski definition) is 2. The van der Waals surface area contributed by atoms with Crippen molar-refractivity contribution >= 4 is 10.0 Å². The Labute approximate surface area is 118 Å². The second kappa shape index (κ2) is 6.06. The van der Waals surface area contributed by atoms with Crippen molar-refractivity contribution in [3.63, 3.8) is 0 Å². The third kappa shape index (κ3) is 3.37. The van der Waals surface area contributed by atoms with E-state index in [0.717, 1.165) is 11.3 Å². The second-order valence-electron chi connectivity index (χ2n) is 4.46. The van der Waals surface area contributed by atoms with Crippen LogP contribution >= 0.6 is 0 Å². The molecule has 1 unspecified atom stereocenters. The number of sulfonamides is 1. The number of aromatic nitrogens is 2. The van der Waals surface area contributed by atoms with Gasteiger partial charge in [0.15, 0.2) is 5.03 Å². The standard InChI is InChI=1S/C13H17N3O3S/c1-10(9-11-5-3-4-6-12(11)19-2)16-20(17,18)13-7-8-14-15-13/h3-8,10,16H,9H2,1-2H3,(H,14,15). The molecule has 0 aliphatic carbocycles. The maximum atomic E-state index is 12.0. The lowest BCUT2D eigenvalue weighted by Crippen LogP contribution is -2.34. The Balaban J connectivity index is 2.08. The molecule has 0 saturated carbocycles. The topological polar surface area (TPSA) is 84.1 Å². The molecule has 0 radical (unpaired) electrons. The van der Waals surface area contributed by atoms with Crippen LogP contribution in [0.15, 0.2) is 41.6 Å². The van der Waals surface area contributed by atoms with Crippen LogP contribution in [0.3, 0.4) is 0 Å². The molecule has 0 saturated heterocycles. The van der Waals surface area contributed by atoms with Gasteiger partial charge in [-0.25, -0.2) is 13.1 Å². The summed E-state index contributed by atoms with van der Waals surface area (Å²) >= 11 is 0. The van der Waals surface area contributed by atoms with Crippen LogP contribution in [-0.4, -0.2) is 31.8 Å². The molecule has 0 bridgehead atoms. The van der Waals surface area contributed by atoms with Crippen molar-refractivity contribution in [2.45, 2.75) is 24.4 Å². The first-order valence-electron chi connectivity index (χ1n) is 6.16. The van der Waals surface area contributed by atoms with E-state index >= 15 is 0 Å². The summed E-state index contributed by atoms with van der Waals surface area (Å²) in [6.07, 6.45) is 1.94. The minimum Gasteiger partial charge on any atom is -0.496 e. The quantitative estimate of drug-likeness (QED) is 0.842. The lowest BCUT2D eigenvalue weighted by Gasteiger charge is -2.15. The van der Waals surface area contributed by atoms with Gasteiger partial charge in [0.25, 0.3) is 10.0 Å². The van der Waals surface area contributed by atoms with Gasteiger partial charge in [0, 0.05) is 6.04 Å². The Morgan fingerprint density at radius 1 is 1.35 bits per heavy atom. The Morgan fingerprint density at radius 2 is 2.10 bits per heavy atom. The summed E-state index contributed by atoms with van der Waals surface area (Å²) in [4.78, 5) is 0. The highest BCUT2D eigenvalue weighted by atomic mass is 32.2. The molecule has 6 nitrogen and oxygen atoms in total. The molecule has 2 rings (SSSR count). The van der Waals surface area contributed by atoms with Gasteiger partial charge < -0.3 is 4.74 Å². The van der Waals surface area contributed by atoms with Crippen LogP contribution in [-0.2, 0) is 16.4 Å². The van der Waals surface area contributed by atoms with Gasteiger partial charge in [0.05, 0.1) is 13.3 Å². The highest BCUT2D eigenvalue weighted by Gasteiger charge is 2.19. The van der Waals surface area contributed by atoms with E-state index in [0.29, 0.717) is 6.42 Å². The molecule has 1 heterocycles. The maximum absolute atomic E-state index is 12.0. The summed E-state index contributed by atoms with van der Waals surface area (Å²) in [5.74, 6) is 0.750. The zero-order valence-corrected chi connectivity index (χ0v) is 12.1. The van der Waals surface area contributed by atoms with Crippen molar-refractivity contribution in [1.29, 1.82) is 0 Å². The molecule has 0 aliphatic heterocycles. The average Bonchev–Trinajstić information content (AvgIpc) is 2.93. The molecule has 2 aromatic rings. The Kier molecular flexibility index (Phi) is 4.41. The number of methoxy groups -OCH3 is 1. The summed E-state index contributed by atoms with van der Waals surface area (Å²) in [7, 11) is -1.97. The van der Waals surface area contributed by atoms with Gasteiger partial charge in [-0.2, -0.15) is 5.10 Å². The van der Waals surface area contributed by atoms with Crippen molar-refractivity contribution in [3.8, 4) is 5.75 Å². The Bertz CT molecular complexity index is 653. The lowest BCUT2D eigenvalue weighted by atomic mass is 10.1. The highest BCUT2D eigenvalue weighted by Crippen LogP contribution is 2.19. The smallest absolute Gasteiger partial charge is 0.257 e. The molecule has 108 valence electrons. The average molecular weight is 295 g/mol. The van der Waals surface area contributed by atoms with E-state index in [1.54, 1.807) is 14.0 Å². The van der Waals surface area contributed by atoms with Gasteiger partial charge in [0.2, 0.25) is 0 Å². The van der Waals surface area contributed by atoms with E-state index in [-0.39, 0.29) is 11.1 Å². The fraction of sp³-hybridized carbons (Fsp3) is 0.308. The fourth-order valence-corrected chi connectivity index (χ4v) is 3.12. The third-order valence-corrected chi connectivity index (χ3v) is 4.36. The van der Waals surface area contributed by atoms with Gasteiger partial charge in [-0.3, -0.25) is 5.10 Å². The van der Waals surface area contributed by atoms with Crippen molar-refractivity contribution < 1.29 is 13.2 Å². The molecule has 20 heavy (non-hydrogen) atoms. The monoisotopic (exact) mass is 295 g/mol. The van der Waals surface area contributed by atoms with Crippen molar-refractivity contribution in [2.75, 3.05) is 7.11 Å². The van der Waals surface area contributed by atoms with Crippen LogP contribution in [0, 0.1) is 0 Å². The van der Waals surface area contributed by atoms with Gasteiger partial charge >= 0.3 is 0 Å². The number of nitrogens with zero attached hydrogens (tertiary/aromatic N) is 1. The van der Waals surface area contributed by atoms with Gasteiger partial charge in [0.1, 0.15) is 5.75 Å². The highest BCUT2D eigenvalue weighted by molar-refractivity contribution is 7.89. The number of nitrogens with one attached hydrogen (secondary N) is 2. The molecule has 0 amide bonds. The van der Waals surface area contributed by atoms with Crippen LogP contribution < -0.4 is 9.46 Å². The van der Waals surface area contributed by atoms with E-state index in [4.69, 9.17) is 4.74 Å². The van der Waals surface area contributed by atoms with Crippen molar-refractivity contribution in [1.82, 2.24) is 14.9 Å². The molecule has 1 aromatic carbocycles. The molecule has 7 heteroatoms. The summed E-state index contributed by atoms with van der Waals surface area (Å²) in [6, 6.07) is 8.69. The zero-order chi connectivity index (χ0) is 14.6. The zero-order valence-electron chi connectivity index (χ0n) is 11.3. The predicted molar refractivity (Wildman–Crippen MR) is 75.1 cm³/mol. The molecular weight excluding hydrogens is 278 g/mol. The van der Waals surface area contributed by atoms with E-state index in [1.165, 1.54) is 12.3 Å². The summed E-state index contributed by atoms with van der Waals surface area (Å²) in [6.45, 7) is 1.81. The number of rotatable bonds is 6. The first-order valence-corrected chi connectivity index (χ1v) is 7.65. The first kappa shape index (κ1) is 14.5. The van der Waals surface area contributed by atoms with Gasteiger partial charge in [-0.1, -0.05) is 18.2 Å². The Hall–Kier alpha value is -1.86. The maximum Gasteiger partial charge on any atom is 0.257 e. The van der Waals surface area contributed by atoms with Crippen molar-refractivity contribution in [2.24, 2.45) is 0 Å². The van der Waals surface area contributed by atoms with Gasteiger partial charge in [-0.05, 0) is 31.0 Å². The van der Waals surface area contributed by atoms with Crippen molar-refractivity contribution in [3.05, 3.63) is 42.1 Å². The number of aromatic amines is 1. The molecule has 0 fully saturated rings. The molecule has 2 N–H and O–H groups in total. The Morgan fingerprint density at radius 3 is 2.75 bits per heavy atom. The molecule has 0 aliphatic rings.